The first-order valence-corrected chi connectivity index (χ1v) is 7.33. The van der Waals surface area contributed by atoms with E-state index in [9.17, 15) is 9.18 Å². The Morgan fingerprint density at radius 3 is 2.65 bits per heavy atom. The van der Waals surface area contributed by atoms with Crippen molar-refractivity contribution in [3.05, 3.63) is 30.1 Å². The van der Waals surface area contributed by atoms with Gasteiger partial charge in [-0.15, -0.1) is 0 Å². The highest BCUT2D eigenvalue weighted by Gasteiger charge is 2.40. The number of piperidine rings is 1. The molecule has 1 aliphatic heterocycles. The molecule has 4 heteroatoms. The number of halogens is 1. The van der Waals surface area contributed by atoms with Crippen LogP contribution in [0.4, 0.5) is 10.1 Å². The summed E-state index contributed by atoms with van der Waals surface area (Å²) in [4.78, 5) is 14.6. The summed E-state index contributed by atoms with van der Waals surface area (Å²) in [5.41, 5.74) is 0.438. The molecule has 0 aliphatic carbocycles. The largest absolute Gasteiger partial charge is 0.316 e. The van der Waals surface area contributed by atoms with Crippen molar-refractivity contribution in [2.45, 2.75) is 32.6 Å². The molecule has 1 unspecified atom stereocenters. The van der Waals surface area contributed by atoms with E-state index in [-0.39, 0.29) is 17.1 Å². The van der Waals surface area contributed by atoms with Gasteiger partial charge in [-0.2, -0.15) is 0 Å². The predicted molar refractivity (Wildman–Crippen MR) is 79.3 cm³/mol. The van der Waals surface area contributed by atoms with Gasteiger partial charge >= 0.3 is 0 Å². The second-order valence-corrected chi connectivity index (χ2v) is 5.65. The van der Waals surface area contributed by atoms with E-state index in [1.54, 1.807) is 24.1 Å². The predicted octanol–water partition coefficient (Wildman–Crippen LogP) is 2.96. The van der Waals surface area contributed by atoms with Crippen molar-refractivity contribution < 1.29 is 9.18 Å². The number of carbonyl (C=O) groups is 1. The molecular formula is C16H23FN2O. The van der Waals surface area contributed by atoms with Crippen LogP contribution in [0.5, 0.6) is 0 Å². The zero-order valence-electron chi connectivity index (χ0n) is 12.3. The van der Waals surface area contributed by atoms with Crippen LogP contribution in [0.3, 0.4) is 0 Å². The molecule has 1 saturated heterocycles. The van der Waals surface area contributed by atoms with Crippen LogP contribution < -0.4 is 10.2 Å². The van der Waals surface area contributed by atoms with Crippen LogP contribution >= 0.6 is 0 Å². The molecule has 1 aromatic rings. The van der Waals surface area contributed by atoms with Crippen LogP contribution in [0.25, 0.3) is 0 Å². The number of benzene rings is 1. The maximum atomic E-state index is 13.0. The summed E-state index contributed by atoms with van der Waals surface area (Å²) in [7, 11) is 1.78. The number of nitrogens with zero attached hydrogens (tertiary/aromatic N) is 1. The van der Waals surface area contributed by atoms with Gasteiger partial charge in [0.15, 0.2) is 0 Å². The molecule has 1 amide bonds. The molecule has 20 heavy (non-hydrogen) atoms. The van der Waals surface area contributed by atoms with E-state index in [2.05, 4.69) is 12.2 Å². The van der Waals surface area contributed by atoms with Gasteiger partial charge in [-0.1, -0.05) is 13.3 Å². The number of amides is 1. The van der Waals surface area contributed by atoms with Gasteiger partial charge in [-0.25, -0.2) is 4.39 Å². The first kappa shape index (κ1) is 15.0. The first-order chi connectivity index (χ1) is 9.59. The SMILES string of the molecule is CCCC1(C(=O)N(C)c2ccc(F)cc2)CCCNC1. The summed E-state index contributed by atoms with van der Waals surface area (Å²) in [5.74, 6) is -0.143. The normalized spacial score (nSPS) is 22.6. The maximum Gasteiger partial charge on any atom is 0.234 e. The quantitative estimate of drug-likeness (QED) is 0.918. The van der Waals surface area contributed by atoms with Crippen LogP contribution in [0.15, 0.2) is 24.3 Å². The highest BCUT2D eigenvalue weighted by molar-refractivity contribution is 5.97. The van der Waals surface area contributed by atoms with Gasteiger partial charge in [0, 0.05) is 19.3 Å². The van der Waals surface area contributed by atoms with E-state index >= 15 is 0 Å². The fraction of sp³-hybridized carbons (Fsp3) is 0.562. The van der Waals surface area contributed by atoms with E-state index in [1.165, 1.54) is 12.1 Å². The average Bonchev–Trinajstić information content (AvgIpc) is 2.48. The van der Waals surface area contributed by atoms with Gasteiger partial charge < -0.3 is 10.2 Å². The lowest BCUT2D eigenvalue weighted by Gasteiger charge is -2.39. The van der Waals surface area contributed by atoms with Gasteiger partial charge in [0.1, 0.15) is 5.82 Å². The Labute approximate surface area is 120 Å². The van der Waals surface area contributed by atoms with E-state index in [0.29, 0.717) is 0 Å². The molecule has 1 atom stereocenters. The van der Waals surface area contributed by atoms with Crippen molar-refractivity contribution in [1.29, 1.82) is 0 Å². The minimum atomic E-state index is -0.309. The van der Waals surface area contributed by atoms with Crippen LogP contribution in [-0.4, -0.2) is 26.0 Å². The lowest BCUT2D eigenvalue weighted by Crippen LogP contribution is -2.51. The van der Waals surface area contributed by atoms with Gasteiger partial charge in [0.05, 0.1) is 5.41 Å². The Bertz CT molecular complexity index is 447. The van der Waals surface area contributed by atoms with Gasteiger partial charge in [0.25, 0.3) is 0 Å². The Morgan fingerprint density at radius 2 is 2.10 bits per heavy atom. The number of rotatable bonds is 4. The molecule has 3 nitrogen and oxygen atoms in total. The lowest BCUT2D eigenvalue weighted by atomic mass is 9.75. The molecule has 0 spiro atoms. The van der Waals surface area contributed by atoms with Crippen molar-refractivity contribution in [2.75, 3.05) is 25.0 Å². The third-order valence-corrected chi connectivity index (χ3v) is 4.17. The van der Waals surface area contributed by atoms with Crippen molar-refractivity contribution in [1.82, 2.24) is 5.32 Å². The van der Waals surface area contributed by atoms with Crippen molar-refractivity contribution in [3.8, 4) is 0 Å². The van der Waals surface area contributed by atoms with Crippen LogP contribution in [0, 0.1) is 11.2 Å². The van der Waals surface area contributed by atoms with E-state index in [1.807, 2.05) is 0 Å². The molecule has 1 N–H and O–H groups in total. The fourth-order valence-corrected chi connectivity index (χ4v) is 3.09. The molecule has 0 aromatic heterocycles. The molecule has 0 radical (unpaired) electrons. The Morgan fingerprint density at radius 1 is 1.40 bits per heavy atom. The highest BCUT2D eigenvalue weighted by Crippen LogP contribution is 2.34. The van der Waals surface area contributed by atoms with E-state index in [4.69, 9.17) is 0 Å². The smallest absolute Gasteiger partial charge is 0.234 e. The molecule has 0 bridgehead atoms. The molecule has 0 saturated carbocycles. The number of carbonyl (C=O) groups excluding carboxylic acids is 1. The molecule has 1 aliphatic rings. The minimum absolute atomic E-state index is 0.137. The van der Waals surface area contributed by atoms with Crippen LogP contribution in [0.2, 0.25) is 0 Å². The number of hydrogen-bond donors (Lipinski definition) is 1. The molecule has 1 aromatic carbocycles. The molecular weight excluding hydrogens is 255 g/mol. The zero-order valence-corrected chi connectivity index (χ0v) is 12.3. The highest BCUT2D eigenvalue weighted by atomic mass is 19.1. The lowest BCUT2D eigenvalue weighted by molar-refractivity contribution is -0.129. The fourth-order valence-electron chi connectivity index (χ4n) is 3.09. The summed E-state index contributed by atoms with van der Waals surface area (Å²) < 4.78 is 13.0. The summed E-state index contributed by atoms with van der Waals surface area (Å²) in [6.45, 7) is 3.84. The Hall–Kier alpha value is -1.42. The summed E-state index contributed by atoms with van der Waals surface area (Å²) in [6.07, 6.45) is 3.84. The number of nitrogens with one attached hydrogen (secondary N) is 1. The topological polar surface area (TPSA) is 32.3 Å². The third kappa shape index (κ3) is 3.01. The summed E-state index contributed by atoms with van der Waals surface area (Å²) in [6, 6.07) is 6.10. The summed E-state index contributed by atoms with van der Waals surface area (Å²) in [5, 5.41) is 3.35. The summed E-state index contributed by atoms with van der Waals surface area (Å²) >= 11 is 0. The van der Waals surface area contributed by atoms with Crippen molar-refractivity contribution in [3.63, 3.8) is 0 Å². The van der Waals surface area contributed by atoms with Gasteiger partial charge in [-0.3, -0.25) is 4.79 Å². The second kappa shape index (κ2) is 6.35. The van der Waals surface area contributed by atoms with E-state index in [0.717, 1.165) is 44.5 Å². The van der Waals surface area contributed by atoms with Crippen LogP contribution in [0.1, 0.15) is 32.6 Å². The standard InChI is InChI=1S/C16H23FN2O/c1-3-9-16(10-4-11-18-12-16)15(20)19(2)14-7-5-13(17)6-8-14/h5-8,18H,3-4,9-12H2,1-2H3. The second-order valence-electron chi connectivity index (χ2n) is 5.65. The number of hydrogen-bond acceptors (Lipinski definition) is 2. The van der Waals surface area contributed by atoms with Gasteiger partial charge in [0.2, 0.25) is 5.91 Å². The molecule has 1 fully saturated rings. The maximum absolute atomic E-state index is 13.0. The van der Waals surface area contributed by atoms with Crippen LogP contribution in [-0.2, 0) is 4.79 Å². The Balaban J connectivity index is 2.20. The minimum Gasteiger partial charge on any atom is -0.316 e. The van der Waals surface area contributed by atoms with Gasteiger partial charge in [-0.05, 0) is 50.1 Å². The Kier molecular flexibility index (Phi) is 4.76. The average molecular weight is 278 g/mol. The molecule has 1 heterocycles. The number of anilines is 1. The van der Waals surface area contributed by atoms with E-state index < -0.39 is 0 Å². The van der Waals surface area contributed by atoms with Crippen molar-refractivity contribution in [2.24, 2.45) is 5.41 Å². The monoisotopic (exact) mass is 278 g/mol. The molecule has 110 valence electrons. The zero-order chi connectivity index (χ0) is 14.6. The third-order valence-electron chi connectivity index (χ3n) is 4.17. The first-order valence-electron chi connectivity index (χ1n) is 7.33. The molecule has 2 rings (SSSR count). The van der Waals surface area contributed by atoms with Crippen molar-refractivity contribution >= 4 is 11.6 Å².